The number of hydrogen-bond donors (Lipinski definition) is 1. The molecule has 1 amide bonds. The van der Waals surface area contributed by atoms with Gasteiger partial charge in [0.2, 0.25) is 0 Å². The van der Waals surface area contributed by atoms with Crippen LogP contribution in [0.5, 0.6) is 0 Å². The molecule has 1 heterocycles. The predicted octanol–water partition coefficient (Wildman–Crippen LogP) is 2.67. The minimum absolute atomic E-state index is 0.0890. The topological polar surface area (TPSA) is 70.5 Å². The average molecular weight is 284 g/mol. The molecule has 0 atom stereocenters. The van der Waals surface area contributed by atoms with Crippen LogP contribution in [0.4, 0.5) is 5.69 Å². The molecule has 0 spiro atoms. The summed E-state index contributed by atoms with van der Waals surface area (Å²) < 4.78 is 0. The number of carbonyl (C=O) groups is 2. The second kappa shape index (κ2) is 5.75. The number of anilines is 1. The number of aromatic nitrogens is 1. The second-order valence-electron chi connectivity index (χ2n) is 4.77. The summed E-state index contributed by atoms with van der Waals surface area (Å²) in [5.74, 6) is -1.35. The third kappa shape index (κ3) is 2.91. The molecule has 5 nitrogen and oxygen atoms in total. The van der Waals surface area contributed by atoms with Gasteiger partial charge in [-0.25, -0.2) is 4.79 Å². The Morgan fingerprint density at radius 2 is 1.71 bits per heavy atom. The van der Waals surface area contributed by atoms with Crippen molar-refractivity contribution in [1.82, 2.24) is 4.98 Å². The third-order valence-corrected chi connectivity index (χ3v) is 3.26. The Kier molecular flexibility index (Phi) is 4.03. The van der Waals surface area contributed by atoms with Crippen LogP contribution in [0.1, 0.15) is 32.1 Å². The van der Waals surface area contributed by atoms with Crippen molar-refractivity contribution in [3.05, 3.63) is 58.9 Å². The standard InChI is InChI=1S/C16H16N2O3/c1-10-8-9-12(11(2)17-10)15(19)18(3)14-7-5-4-6-13(14)16(20)21/h4-9H,1-3H3,(H,20,21). The quantitative estimate of drug-likeness (QED) is 0.940. The molecule has 0 radical (unpaired) electrons. The number of benzene rings is 1. The molecule has 1 aromatic heterocycles. The van der Waals surface area contributed by atoms with Gasteiger partial charge in [-0.3, -0.25) is 9.78 Å². The van der Waals surface area contributed by atoms with Gasteiger partial charge in [0.15, 0.2) is 0 Å². The molecule has 0 aliphatic rings. The number of amides is 1. The van der Waals surface area contributed by atoms with Gasteiger partial charge >= 0.3 is 5.97 Å². The summed E-state index contributed by atoms with van der Waals surface area (Å²) in [4.78, 5) is 29.4. The number of rotatable bonds is 3. The monoisotopic (exact) mass is 284 g/mol. The molecule has 2 aromatic rings. The summed E-state index contributed by atoms with van der Waals surface area (Å²) in [5.41, 5.74) is 2.36. The molecule has 0 fully saturated rings. The van der Waals surface area contributed by atoms with Crippen molar-refractivity contribution in [3.63, 3.8) is 0 Å². The van der Waals surface area contributed by atoms with Crippen molar-refractivity contribution < 1.29 is 14.7 Å². The summed E-state index contributed by atoms with van der Waals surface area (Å²) in [6.45, 7) is 3.61. The van der Waals surface area contributed by atoms with Crippen LogP contribution in [0.25, 0.3) is 0 Å². The maximum absolute atomic E-state index is 12.5. The summed E-state index contributed by atoms with van der Waals surface area (Å²) >= 11 is 0. The van der Waals surface area contributed by atoms with Crippen LogP contribution in [0, 0.1) is 13.8 Å². The van der Waals surface area contributed by atoms with Crippen molar-refractivity contribution in [2.24, 2.45) is 0 Å². The molecule has 0 unspecified atom stereocenters. The number of carbonyl (C=O) groups excluding carboxylic acids is 1. The zero-order valence-corrected chi connectivity index (χ0v) is 12.1. The van der Waals surface area contributed by atoms with Crippen molar-refractivity contribution >= 4 is 17.6 Å². The molecular formula is C16H16N2O3. The fourth-order valence-electron chi connectivity index (χ4n) is 2.15. The zero-order valence-electron chi connectivity index (χ0n) is 12.1. The fraction of sp³-hybridized carbons (Fsp3) is 0.188. The normalized spacial score (nSPS) is 10.2. The maximum Gasteiger partial charge on any atom is 0.337 e. The van der Waals surface area contributed by atoms with E-state index in [1.54, 1.807) is 44.3 Å². The van der Waals surface area contributed by atoms with E-state index in [1.165, 1.54) is 11.0 Å². The number of pyridine rings is 1. The van der Waals surface area contributed by atoms with Crippen LogP contribution in [0.2, 0.25) is 0 Å². The molecule has 0 saturated carbocycles. The Morgan fingerprint density at radius 3 is 2.33 bits per heavy atom. The Balaban J connectivity index is 2.42. The van der Waals surface area contributed by atoms with Gasteiger partial charge in [0.1, 0.15) is 0 Å². The smallest absolute Gasteiger partial charge is 0.337 e. The van der Waals surface area contributed by atoms with Crippen molar-refractivity contribution in [3.8, 4) is 0 Å². The van der Waals surface area contributed by atoms with E-state index in [0.717, 1.165) is 5.69 Å². The molecule has 0 aliphatic carbocycles. The van der Waals surface area contributed by atoms with E-state index in [0.29, 0.717) is 16.9 Å². The molecule has 0 aliphatic heterocycles. The minimum atomic E-state index is -1.07. The molecule has 21 heavy (non-hydrogen) atoms. The summed E-state index contributed by atoms with van der Waals surface area (Å²) in [6.07, 6.45) is 0. The van der Waals surface area contributed by atoms with E-state index in [4.69, 9.17) is 0 Å². The van der Waals surface area contributed by atoms with Crippen LogP contribution >= 0.6 is 0 Å². The maximum atomic E-state index is 12.5. The highest BCUT2D eigenvalue weighted by molar-refractivity contribution is 6.09. The average Bonchev–Trinajstić information content (AvgIpc) is 2.45. The van der Waals surface area contributed by atoms with Gasteiger partial charge in [0.05, 0.1) is 22.5 Å². The molecule has 0 bridgehead atoms. The van der Waals surface area contributed by atoms with Crippen LogP contribution in [-0.4, -0.2) is 29.0 Å². The molecule has 108 valence electrons. The molecule has 1 N–H and O–H groups in total. The number of carboxylic acids is 1. The first-order chi connectivity index (χ1) is 9.91. The van der Waals surface area contributed by atoms with E-state index in [2.05, 4.69) is 4.98 Å². The lowest BCUT2D eigenvalue weighted by atomic mass is 10.1. The Bertz CT molecular complexity index is 710. The van der Waals surface area contributed by atoms with E-state index < -0.39 is 5.97 Å². The van der Waals surface area contributed by atoms with E-state index in [9.17, 15) is 14.7 Å². The summed E-state index contributed by atoms with van der Waals surface area (Å²) in [5, 5.41) is 9.21. The predicted molar refractivity (Wildman–Crippen MR) is 79.8 cm³/mol. The van der Waals surface area contributed by atoms with Gasteiger partial charge in [0, 0.05) is 12.7 Å². The fourth-order valence-corrected chi connectivity index (χ4v) is 2.15. The van der Waals surface area contributed by atoms with Crippen molar-refractivity contribution in [2.45, 2.75) is 13.8 Å². The van der Waals surface area contributed by atoms with Crippen LogP contribution in [0.15, 0.2) is 36.4 Å². The second-order valence-corrected chi connectivity index (χ2v) is 4.77. The van der Waals surface area contributed by atoms with Gasteiger partial charge in [0.25, 0.3) is 5.91 Å². The summed E-state index contributed by atoms with van der Waals surface area (Å²) in [7, 11) is 1.56. The SMILES string of the molecule is Cc1ccc(C(=O)N(C)c2ccccc2C(=O)O)c(C)n1. The Morgan fingerprint density at radius 1 is 1.05 bits per heavy atom. The molecule has 5 heteroatoms. The van der Waals surface area contributed by atoms with Gasteiger partial charge in [-0.1, -0.05) is 12.1 Å². The number of para-hydroxylation sites is 1. The van der Waals surface area contributed by atoms with Crippen molar-refractivity contribution in [1.29, 1.82) is 0 Å². The van der Waals surface area contributed by atoms with E-state index >= 15 is 0 Å². The lowest BCUT2D eigenvalue weighted by molar-refractivity contribution is 0.0697. The zero-order chi connectivity index (χ0) is 15.6. The van der Waals surface area contributed by atoms with Crippen LogP contribution in [-0.2, 0) is 0 Å². The Hall–Kier alpha value is -2.69. The number of hydrogen-bond acceptors (Lipinski definition) is 3. The van der Waals surface area contributed by atoms with Gasteiger partial charge in [-0.15, -0.1) is 0 Å². The van der Waals surface area contributed by atoms with E-state index in [-0.39, 0.29) is 11.5 Å². The highest BCUT2D eigenvalue weighted by atomic mass is 16.4. The number of nitrogens with zero attached hydrogens (tertiary/aromatic N) is 2. The van der Waals surface area contributed by atoms with E-state index in [1.807, 2.05) is 6.92 Å². The lowest BCUT2D eigenvalue weighted by Crippen LogP contribution is -2.28. The van der Waals surface area contributed by atoms with Crippen molar-refractivity contribution in [2.75, 3.05) is 11.9 Å². The highest BCUT2D eigenvalue weighted by Gasteiger charge is 2.20. The largest absolute Gasteiger partial charge is 0.478 e. The van der Waals surface area contributed by atoms with Crippen LogP contribution < -0.4 is 4.90 Å². The van der Waals surface area contributed by atoms with Crippen LogP contribution in [0.3, 0.4) is 0 Å². The number of aromatic carboxylic acids is 1. The first-order valence-electron chi connectivity index (χ1n) is 6.46. The first kappa shape index (κ1) is 14.7. The molecule has 2 rings (SSSR count). The lowest BCUT2D eigenvalue weighted by Gasteiger charge is -2.20. The first-order valence-corrected chi connectivity index (χ1v) is 6.46. The third-order valence-electron chi connectivity index (χ3n) is 3.26. The Labute approximate surface area is 122 Å². The minimum Gasteiger partial charge on any atom is -0.478 e. The van der Waals surface area contributed by atoms with Gasteiger partial charge in [-0.2, -0.15) is 0 Å². The summed E-state index contributed by atoms with van der Waals surface area (Å²) in [6, 6.07) is 9.88. The van der Waals surface area contributed by atoms with Gasteiger partial charge in [-0.05, 0) is 38.1 Å². The molecule has 1 aromatic carbocycles. The molecular weight excluding hydrogens is 268 g/mol. The highest BCUT2D eigenvalue weighted by Crippen LogP contribution is 2.21. The molecule has 0 saturated heterocycles. The number of aryl methyl sites for hydroxylation is 2. The number of carboxylic acid groups (broad SMARTS) is 1. The van der Waals surface area contributed by atoms with Gasteiger partial charge < -0.3 is 10.0 Å².